The van der Waals surface area contributed by atoms with Gasteiger partial charge >= 0.3 is 0 Å². The van der Waals surface area contributed by atoms with Crippen LogP contribution in [0, 0.1) is 0 Å². The second-order valence-electron chi connectivity index (χ2n) is 4.78. The molecule has 2 aromatic carbocycles. The molecular formula is C16H14N2O3S. The smallest absolute Gasteiger partial charge is 0.250 e. The lowest BCUT2D eigenvalue weighted by Gasteiger charge is -2.06. The van der Waals surface area contributed by atoms with E-state index in [0.717, 1.165) is 21.7 Å². The van der Waals surface area contributed by atoms with Crippen molar-refractivity contribution in [1.29, 1.82) is 0 Å². The molecule has 3 aromatic rings. The van der Waals surface area contributed by atoms with Crippen molar-refractivity contribution in [2.75, 3.05) is 6.26 Å². The summed E-state index contributed by atoms with van der Waals surface area (Å²) in [6, 6.07) is 18.5. The highest BCUT2D eigenvalue weighted by atomic mass is 32.2. The van der Waals surface area contributed by atoms with Gasteiger partial charge in [0.05, 0.1) is 11.9 Å². The Morgan fingerprint density at radius 3 is 2.36 bits per heavy atom. The van der Waals surface area contributed by atoms with E-state index < -0.39 is 10.0 Å². The Kier molecular flexibility index (Phi) is 3.68. The fourth-order valence-corrected chi connectivity index (χ4v) is 2.51. The van der Waals surface area contributed by atoms with Crippen molar-refractivity contribution in [2.45, 2.75) is 0 Å². The Morgan fingerprint density at radius 1 is 0.955 bits per heavy atom. The highest BCUT2D eigenvalue weighted by Crippen LogP contribution is 2.26. The number of benzene rings is 2. The minimum Gasteiger partial charge on any atom is -0.457 e. The fraction of sp³-hybridized carbons (Fsp3) is 0.0625. The third-order valence-electron chi connectivity index (χ3n) is 3.01. The van der Waals surface area contributed by atoms with Crippen LogP contribution in [0.1, 0.15) is 0 Å². The van der Waals surface area contributed by atoms with Crippen molar-refractivity contribution >= 4 is 10.0 Å². The zero-order valence-corrected chi connectivity index (χ0v) is 12.7. The first-order valence-corrected chi connectivity index (χ1v) is 8.47. The molecule has 0 radical (unpaired) electrons. The minimum atomic E-state index is -3.37. The number of ether oxygens (including phenoxy) is 1. The molecule has 22 heavy (non-hydrogen) atoms. The average Bonchev–Trinajstić information content (AvgIpc) is 2.99. The zero-order valence-electron chi connectivity index (χ0n) is 11.9. The Labute approximate surface area is 128 Å². The Hall–Kier alpha value is -2.60. The topological polar surface area (TPSA) is 61.2 Å². The lowest BCUT2D eigenvalue weighted by molar-refractivity contribution is 0.483. The number of rotatable bonds is 4. The van der Waals surface area contributed by atoms with Gasteiger partial charge in [-0.15, -0.1) is 0 Å². The maximum Gasteiger partial charge on any atom is 0.250 e. The van der Waals surface area contributed by atoms with Gasteiger partial charge in [0, 0.05) is 11.8 Å². The first-order chi connectivity index (χ1) is 10.5. The van der Waals surface area contributed by atoms with Crippen LogP contribution in [-0.4, -0.2) is 23.9 Å². The second-order valence-corrected chi connectivity index (χ2v) is 6.62. The molecule has 0 saturated carbocycles. The van der Waals surface area contributed by atoms with E-state index >= 15 is 0 Å². The van der Waals surface area contributed by atoms with Crippen LogP contribution in [0.3, 0.4) is 0 Å². The van der Waals surface area contributed by atoms with E-state index in [1.807, 2.05) is 54.6 Å². The standard InChI is InChI=1S/C16H14N2O3S/c1-22(19,20)18-11-10-16(17-18)13-6-5-9-15(12-13)21-14-7-3-2-4-8-14/h2-12H,1H3. The van der Waals surface area contributed by atoms with Crippen LogP contribution in [0.2, 0.25) is 0 Å². The summed E-state index contributed by atoms with van der Waals surface area (Å²) in [5.74, 6) is 1.40. The summed E-state index contributed by atoms with van der Waals surface area (Å²) < 4.78 is 29.6. The average molecular weight is 314 g/mol. The van der Waals surface area contributed by atoms with Crippen molar-refractivity contribution in [3.63, 3.8) is 0 Å². The number of hydrogen-bond donors (Lipinski definition) is 0. The van der Waals surface area contributed by atoms with Gasteiger partial charge in [0.2, 0.25) is 0 Å². The summed E-state index contributed by atoms with van der Waals surface area (Å²) in [6.07, 6.45) is 2.54. The van der Waals surface area contributed by atoms with Gasteiger partial charge in [-0.2, -0.15) is 9.19 Å². The summed E-state index contributed by atoms with van der Waals surface area (Å²) >= 11 is 0. The van der Waals surface area contributed by atoms with E-state index in [4.69, 9.17) is 4.74 Å². The molecule has 6 heteroatoms. The largest absolute Gasteiger partial charge is 0.457 e. The van der Waals surface area contributed by atoms with E-state index in [2.05, 4.69) is 5.10 Å². The highest BCUT2D eigenvalue weighted by Gasteiger charge is 2.09. The first-order valence-electron chi connectivity index (χ1n) is 6.62. The molecule has 1 heterocycles. The molecule has 1 aromatic heterocycles. The lowest BCUT2D eigenvalue weighted by Crippen LogP contribution is -2.10. The second kappa shape index (κ2) is 5.65. The van der Waals surface area contributed by atoms with Crippen molar-refractivity contribution in [3.05, 3.63) is 66.9 Å². The molecule has 0 N–H and O–H groups in total. The molecular weight excluding hydrogens is 300 g/mol. The predicted molar refractivity (Wildman–Crippen MR) is 84.4 cm³/mol. The van der Waals surface area contributed by atoms with E-state index in [1.165, 1.54) is 6.20 Å². The molecule has 112 valence electrons. The number of nitrogens with zero attached hydrogens (tertiary/aromatic N) is 2. The number of para-hydroxylation sites is 1. The van der Waals surface area contributed by atoms with Crippen LogP contribution in [-0.2, 0) is 10.0 Å². The van der Waals surface area contributed by atoms with E-state index in [9.17, 15) is 8.42 Å². The summed E-state index contributed by atoms with van der Waals surface area (Å²) in [5.41, 5.74) is 1.36. The molecule has 0 aliphatic carbocycles. The van der Waals surface area contributed by atoms with Gasteiger partial charge in [-0.25, -0.2) is 8.42 Å². The van der Waals surface area contributed by atoms with Crippen molar-refractivity contribution in [2.24, 2.45) is 0 Å². The highest BCUT2D eigenvalue weighted by molar-refractivity contribution is 7.89. The Balaban J connectivity index is 1.90. The molecule has 0 bridgehead atoms. The maximum absolute atomic E-state index is 11.5. The van der Waals surface area contributed by atoms with Crippen molar-refractivity contribution in [3.8, 4) is 22.8 Å². The van der Waals surface area contributed by atoms with E-state index in [0.29, 0.717) is 11.4 Å². The normalized spacial score (nSPS) is 11.3. The number of aromatic nitrogens is 2. The van der Waals surface area contributed by atoms with Gasteiger partial charge in [-0.1, -0.05) is 30.3 Å². The monoisotopic (exact) mass is 314 g/mol. The van der Waals surface area contributed by atoms with Crippen LogP contribution in [0.4, 0.5) is 0 Å². The number of hydrogen-bond acceptors (Lipinski definition) is 4. The van der Waals surface area contributed by atoms with Crippen LogP contribution in [0.15, 0.2) is 66.9 Å². The van der Waals surface area contributed by atoms with Gasteiger partial charge in [0.15, 0.2) is 0 Å². The molecule has 0 saturated heterocycles. The Morgan fingerprint density at radius 2 is 1.68 bits per heavy atom. The van der Waals surface area contributed by atoms with Gasteiger partial charge in [-0.05, 0) is 30.3 Å². The van der Waals surface area contributed by atoms with Crippen LogP contribution >= 0.6 is 0 Å². The predicted octanol–water partition coefficient (Wildman–Crippen LogP) is 3.15. The third kappa shape index (κ3) is 3.17. The van der Waals surface area contributed by atoms with Gasteiger partial charge in [0.25, 0.3) is 10.0 Å². The summed E-state index contributed by atoms with van der Waals surface area (Å²) in [4.78, 5) is 0. The van der Waals surface area contributed by atoms with Gasteiger partial charge in [0.1, 0.15) is 11.5 Å². The van der Waals surface area contributed by atoms with E-state index in [1.54, 1.807) is 6.07 Å². The van der Waals surface area contributed by atoms with Crippen LogP contribution < -0.4 is 4.74 Å². The van der Waals surface area contributed by atoms with Crippen LogP contribution in [0.25, 0.3) is 11.3 Å². The van der Waals surface area contributed by atoms with Gasteiger partial charge < -0.3 is 4.74 Å². The van der Waals surface area contributed by atoms with Crippen molar-refractivity contribution in [1.82, 2.24) is 9.19 Å². The van der Waals surface area contributed by atoms with Crippen LogP contribution in [0.5, 0.6) is 11.5 Å². The van der Waals surface area contributed by atoms with Gasteiger partial charge in [-0.3, -0.25) is 0 Å². The summed E-state index contributed by atoms with van der Waals surface area (Å²) in [5, 5.41) is 4.07. The molecule has 0 unspecified atom stereocenters. The SMILES string of the molecule is CS(=O)(=O)n1ccc(-c2cccc(Oc3ccccc3)c2)n1. The molecule has 0 aliphatic heterocycles. The molecule has 0 amide bonds. The Bertz CT molecular complexity index is 887. The molecule has 5 nitrogen and oxygen atoms in total. The summed E-state index contributed by atoms with van der Waals surface area (Å²) in [6.45, 7) is 0. The third-order valence-corrected chi connectivity index (χ3v) is 3.90. The molecule has 0 aliphatic rings. The molecule has 0 atom stereocenters. The molecule has 3 rings (SSSR count). The minimum absolute atomic E-state index is 0.573. The fourth-order valence-electron chi connectivity index (χ4n) is 1.99. The lowest BCUT2D eigenvalue weighted by atomic mass is 10.1. The van der Waals surface area contributed by atoms with Crippen molar-refractivity contribution < 1.29 is 13.2 Å². The zero-order chi connectivity index (χ0) is 15.6. The first kappa shape index (κ1) is 14.3. The quantitative estimate of drug-likeness (QED) is 0.742. The van der Waals surface area contributed by atoms with E-state index in [-0.39, 0.29) is 0 Å². The summed E-state index contributed by atoms with van der Waals surface area (Å²) in [7, 11) is -3.37. The maximum atomic E-state index is 11.5. The molecule has 0 spiro atoms. The molecule has 0 fully saturated rings.